The van der Waals surface area contributed by atoms with Gasteiger partial charge in [0.1, 0.15) is 5.76 Å². The Morgan fingerprint density at radius 3 is 2.85 bits per heavy atom. The van der Waals surface area contributed by atoms with Gasteiger partial charge >= 0.3 is 0 Å². The number of thioether (sulfide) groups is 1. The summed E-state index contributed by atoms with van der Waals surface area (Å²) < 4.78 is 6.69. The zero-order valence-electron chi connectivity index (χ0n) is 14.4. The summed E-state index contributed by atoms with van der Waals surface area (Å²) in [4.78, 5) is 29.9. The predicted molar refractivity (Wildman–Crippen MR) is 99.5 cm³/mol. The quantitative estimate of drug-likeness (QED) is 0.548. The minimum atomic E-state index is -0.440. The molecule has 1 saturated carbocycles. The van der Waals surface area contributed by atoms with Crippen LogP contribution >= 0.6 is 11.8 Å². The molecule has 1 aliphatic carbocycles. The highest BCUT2D eigenvalue weighted by Gasteiger charge is 2.30. The third kappa shape index (κ3) is 3.24. The van der Waals surface area contributed by atoms with Crippen LogP contribution in [0.3, 0.4) is 0 Å². The molecule has 7 nitrogen and oxygen atoms in total. The van der Waals surface area contributed by atoms with Crippen molar-refractivity contribution in [1.82, 2.24) is 14.7 Å². The molecule has 3 aromatic rings. The molecule has 1 aliphatic rings. The van der Waals surface area contributed by atoms with Crippen LogP contribution in [0.1, 0.15) is 31.6 Å². The van der Waals surface area contributed by atoms with E-state index in [1.165, 1.54) is 11.8 Å². The second-order valence-corrected chi connectivity index (χ2v) is 7.70. The van der Waals surface area contributed by atoms with Gasteiger partial charge in [0.2, 0.25) is 5.91 Å². The Morgan fingerprint density at radius 2 is 2.15 bits per heavy atom. The lowest BCUT2D eigenvalue weighted by Crippen LogP contribution is -2.26. The fourth-order valence-electron chi connectivity index (χ4n) is 2.73. The summed E-state index contributed by atoms with van der Waals surface area (Å²) in [7, 11) is 0. The van der Waals surface area contributed by atoms with E-state index in [1.54, 1.807) is 30.5 Å². The molecule has 0 saturated heterocycles. The minimum absolute atomic E-state index is 0.0414. The standard InChI is InChI=1S/C18H18N4O3S/c1-10-9-15(21-25-10)20-16(23)11(2)26-18-19-14-6-4-3-5-13(14)17(24)22(18)12-7-8-12/h3-6,9,11-12H,7-8H2,1-2H3,(H,20,21,23)/t11-/m1/s1. The molecule has 1 aromatic carbocycles. The van der Waals surface area contributed by atoms with E-state index in [0.29, 0.717) is 27.6 Å². The number of carbonyl (C=O) groups is 1. The van der Waals surface area contributed by atoms with Gasteiger partial charge in [-0.3, -0.25) is 14.2 Å². The summed E-state index contributed by atoms with van der Waals surface area (Å²) in [5.41, 5.74) is 0.608. The maximum atomic E-state index is 12.9. The maximum absolute atomic E-state index is 12.9. The molecule has 1 amide bonds. The Labute approximate surface area is 153 Å². The SMILES string of the molecule is Cc1cc(NC(=O)[C@@H](C)Sc2nc3ccccc3c(=O)n2C2CC2)no1. The van der Waals surface area contributed by atoms with Crippen molar-refractivity contribution in [3.63, 3.8) is 0 Å². The van der Waals surface area contributed by atoms with Crippen molar-refractivity contribution in [3.05, 3.63) is 46.4 Å². The van der Waals surface area contributed by atoms with Crippen molar-refractivity contribution < 1.29 is 9.32 Å². The first-order valence-electron chi connectivity index (χ1n) is 8.45. The molecule has 0 aliphatic heterocycles. The van der Waals surface area contributed by atoms with E-state index < -0.39 is 5.25 Å². The molecule has 2 heterocycles. The molecular formula is C18H18N4O3S. The number of rotatable bonds is 5. The second kappa shape index (κ2) is 6.60. The largest absolute Gasteiger partial charge is 0.360 e. The van der Waals surface area contributed by atoms with Crippen LogP contribution in [-0.4, -0.2) is 25.9 Å². The van der Waals surface area contributed by atoms with Gasteiger partial charge in [0.15, 0.2) is 11.0 Å². The molecule has 8 heteroatoms. The number of aryl methyl sites for hydroxylation is 1. The van der Waals surface area contributed by atoms with Crippen LogP contribution in [0.2, 0.25) is 0 Å². The summed E-state index contributed by atoms with van der Waals surface area (Å²) in [5.74, 6) is 0.790. The number of nitrogens with zero attached hydrogens (tertiary/aromatic N) is 3. The fourth-order valence-corrected chi connectivity index (χ4v) is 3.71. The highest BCUT2D eigenvalue weighted by molar-refractivity contribution is 8.00. The molecule has 1 N–H and O–H groups in total. The summed E-state index contributed by atoms with van der Waals surface area (Å²) in [5, 5.41) is 7.24. The van der Waals surface area contributed by atoms with E-state index in [0.717, 1.165) is 12.8 Å². The highest BCUT2D eigenvalue weighted by atomic mass is 32.2. The van der Waals surface area contributed by atoms with Gasteiger partial charge < -0.3 is 9.84 Å². The first-order chi connectivity index (χ1) is 12.5. The van der Waals surface area contributed by atoms with Gasteiger partial charge in [0.25, 0.3) is 5.56 Å². The number of anilines is 1. The molecule has 1 fully saturated rings. The zero-order valence-corrected chi connectivity index (χ0v) is 15.2. The Morgan fingerprint density at radius 1 is 1.38 bits per heavy atom. The number of benzene rings is 1. The van der Waals surface area contributed by atoms with Gasteiger partial charge in [0, 0.05) is 12.1 Å². The van der Waals surface area contributed by atoms with Gasteiger partial charge in [-0.15, -0.1) is 0 Å². The number of amides is 1. The van der Waals surface area contributed by atoms with Crippen LogP contribution in [0.5, 0.6) is 0 Å². The summed E-state index contributed by atoms with van der Waals surface area (Å²) in [6.45, 7) is 3.54. The van der Waals surface area contributed by atoms with Crippen molar-refractivity contribution in [3.8, 4) is 0 Å². The number of aromatic nitrogens is 3. The molecule has 134 valence electrons. The molecule has 0 spiro atoms. The molecule has 0 unspecified atom stereocenters. The number of nitrogens with one attached hydrogen (secondary N) is 1. The zero-order chi connectivity index (χ0) is 18.3. The topological polar surface area (TPSA) is 90.0 Å². The number of hydrogen-bond acceptors (Lipinski definition) is 6. The van der Waals surface area contributed by atoms with Gasteiger partial charge in [-0.25, -0.2) is 4.98 Å². The monoisotopic (exact) mass is 370 g/mol. The van der Waals surface area contributed by atoms with E-state index in [-0.39, 0.29) is 17.5 Å². The van der Waals surface area contributed by atoms with Crippen LogP contribution in [0.25, 0.3) is 10.9 Å². The van der Waals surface area contributed by atoms with Crippen molar-refractivity contribution in [2.75, 3.05) is 5.32 Å². The average Bonchev–Trinajstić information content (AvgIpc) is 3.37. The highest BCUT2D eigenvalue weighted by Crippen LogP contribution is 2.37. The van der Waals surface area contributed by atoms with Crippen LogP contribution < -0.4 is 10.9 Å². The fraction of sp³-hybridized carbons (Fsp3) is 0.333. The minimum Gasteiger partial charge on any atom is -0.360 e. The lowest BCUT2D eigenvalue weighted by atomic mass is 10.2. The number of hydrogen-bond donors (Lipinski definition) is 1. The Bertz CT molecular complexity index is 1040. The van der Waals surface area contributed by atoms with E-state index in [1.807, 2.05) is 18.2 Å². The number of para-hydroxylation sites is 1. The first-order valence-corrected chi connectivity index (χ1v) is 9.33. The molecule has 0 radical (unpaired) electrons. The van der Waals surface area contributed by atoms with Crippen LogP contribution in [0.15, 0.2) is 44.8 Å². The Kier molecular flexibility index (Phi) is 4.28. The summed E-state index contributed by atoms with van der Waals surface area (Å²) in [6.07, 6.45) is 1.93. The van der Waals surface area contributed by atoms with Crippen molar-refractivity contribution >= 4 is 34.4 Å². The van der Waals surface area contributed by atoms with Crippen molar-refractivity contribution in [2.45, 2.75) is 43.1 Å². The van der Waals surface area contributed by atoms with Gasteiger partial charge in [-0.2, -0.15) is 0 Å². The average molecular weight is 370 g/mol. The number of carbonyl (C=O) groups excluding carboxylic acids is 1. The molecule has 2 aromatic heterocycles. The lowest BCUT2D eigenvalue weighted by molar-refractivity contribution is -0.115. The lowest BCUT2D eigenvalue weighted by Gasteiger charge is -2.15. The second-order valence-electron chi connectivity index (χ2n) is 6.39. The van der Waals surface area contributed by atoms with Crippen LogP contribution in [0, 0.1) is 6.92 Å². The van der Waals surface area contributed by atoms with E-state index in [2.05, 4.69) is 15.5 Å². The Balaban J connectivity index is 1.62. The molecule has 26 heavy (non-hydrogen) atoms. The Hall–Kier alpha value is -2.61. The molecular weight excluding hydrogens is 352 g/mol. The van der Waals surface area contributed by atoms with E-state index >= 15 is 0 Å². The molecule has 0 bridgehead atoms. The third-order valence-electron chi connectivity index (χ3n) is 4.22. The smallest absolute Gasteiger partial charge is 0.262 e. The summed E-state index contributed by atoms with van der Waals surface area (Å²) >= 11 is 1.28. The van der Waals surface area contributed by atoms with Gasteiger partial charge in [-0.05, 0) is 38.8 Å². The molecule has 1 atom stereocenters. The number of fused-ring (bicyclic) bond motifs is 1. The van der Waals surface area contributed by atoms with Gasteiger partial charge in [-0.1, -0.05) is 29.1 Å². The van der Waals surface area contributed by atoms with Crippen LogP contribution in [0.4, 0.5) is 5.82 Å². The van der Waals surface area contributed by atoms with Gasteiger partial charge in [0.05, 0.1) is 16.2 Å². The van der Waals surface area contributed by atoms with Crippen molar-refractivity contribution in [2.24, 2.45) is 0 Å². The third-order valence-corrected chi connectivity index (χ3v) is 5.28. The first kappa shape index (κ1) is 16.8. The van der Waals surface area contributed by atoms with E-state index in [9.17, 15) is 9.59 Å². The normalized spacial score (nSPS) is 15.2. The van der Waals surface area contributed by atoms with Crippen molar-refractivity contribution in [1.29, 1.82) is 0 Å². The predicted octanol–water partition coefficient (Wildman–Crippen LogP) is 3.15. The summed E-state index contributed by atoms with van der Waals surface area (Å²) in [6, 6.07) is 9.14. The maximum Gasteiger partial charge on any atom is 0.262 e. The molecule has 4 rings (SSSR count). The van der Waals surface area contributed by atoms with Crippen LogP contribution in [-0.2, 0) is 4.79 Å². The van der Waals surface area contributed by atoms with E-state index in [4.69, 9.17) is 4.52 Å².